The molecule has 0 amide bonds. The van der Waals surface area contributed by atoms with Gasteiger partial charge >= 0.3 is 0 Å². The number of ether oxygens (including phenoxy) is 1. The Kier molecular flexibility index (Phi) is 4.53. The summed E-state index contributed by atoms with van der Waals surface area (Å²) in [6.07, 6.45) is 4.61. The Balaban J connectivity index is 2.30. The van der Waals surface area contributed by atoms with Gasteiger partial charge in [0.05, 0.1) is 12.8 Å². The van der Waals surface area contributed by atoms with Crippen LogP contribution in [0.4, 0.5) is 0 Å². The number of benzene rings is 1. The van der Waals surface area contributed by atoms with Crippen molar-refractivity contribution in [2.45, 2.75) is 26.8 Å². The quantitative estimate of drug-likeness (QED) is 0.892. The smallest absolute Gasteiger partial charge is 0.138 e. The first-order chi connectivity index (χ1) is 9.24. The third-order valence-electron chi connectivity index (χ3n) is 3.02. The molecule has 1 aromatic heterocycles. The first-order valence-corrected chi connectivity index (χ1v) is 6.62. The summed E-state index contributed by atoms with van der Waals surface area (Å²) in [6.45, 7) is 5.47. The van der Waals surface area contributed by atoms with Gasteiger partial charge in [-0.05, 0) is 36.1 Å². The van der Waals surface area contributed by atoms with Gasteiger partial charge in [-0.25, -0.2) is 0 Å². The Morgan fingerprint density at radius 1 is 1.21 bits per heavy atom. The van der Waals surface area contributed by atoms with Gasteiger partial charge in [0.2, 0.25) is 0 Å². The molecule has 0 aliphatic rings. The summed E-state index contributed by atoms with van der Waals surface area (Å²) < 4.78 is 5.62. The molecule has 2 aromatic rings. The predicted molar refractivity (Wildman–Crippen MR) is 78.1 cm³/mol. The number of hydrogen-bond donors (Lipinski definition) is 1. The molecule has 19 heavy (non-hydrogen) atoms. The van der Waals surface area contributed by atoms with Crippen LogP contribution < -0.4 is 10.5 Å². The highest BCUT2D eigenvalue weighted by molar-refractivity contribution is 5.67. The van der Waals surface area contributed by atoms with E-state index in [4.69, 9.17) is 10.5 Å². The van der Waals surface area contributed by atoms with E-state index in [-0.39, 0.29) is 0 Å². The largest absolute Gasteiger partial charge is 0.492 e. The van der Waals surface area contributed by atoms with Crippen LogP contribution in [0.25, 0.3) is 11.1 Å². The molecule has 0 fully saturated rings. The highest BCUT2D eigenvalue weighted by atomic mass is 16.5. The molecule has 0 bridgehead atoms. The zero-order valence-electron chi connectivity index (χ0n) is 11.5. The predicted octanol–water partition coefficient (Wildman–Crippen LogP) is 3.30. The minimum atomic E-state index is 0.568. The van der Waals surface area contributed by atoms with Crippen molar-refractivity contribution in [2.24, 2.45) is 5.73 Å². The Hall–Kier alpha value is -1.87. The van der Waals surface area contributed by atoms with Crippen molar-refractivity contribution < 1.29 is 4.74 Å². The first-order valence-electron chi connectivity index (χ1n) is 6.62. The van der Waals surface area contributed by atoms with Crippen molar-refractivity contribution in [3.8, 4) is 16.9 Å². The highest BCUT2D eigenvalue weighted by Crippen LogP contribution is 2.26. The van der Waals surface area contributed by atoms with Gasteiger partial charge in [0.1, 0.15) is 5.75 Å². The SMILES string of the molecule is CCCOc1cncc(-c2ccc(CN)cc2C)c1. The zero-order valence-corrected chi connectivity index (χ0v) is 11.5. The van der Waals surface area contributed by atoms with Crippen LogP contribution in [-0.2, 0) is 6.54 Å². The van der Waals surface area contributed by atoms with Crippen LogP contribution in [0.5, 0.6) is 5.75 Å². The second-order valence-electron chi connectivity index (χ2n) is 4.61. The third-order valence-corrected chi connectivity index (χ3v) is 3.02. The Labute approximate surface area is 114 Å². The maximum atomic E-state index is 5.65. The molecule has 2 rings (SSSR count). The molecule has 0 unspecified atom stereocenters. The van der Waals surface area contributed by atoms with Crippen molar-refractivity contribution in [3.05, 3.63) is 47.8 Å². The van der Waals surface area contributed by atoms with Crippen LogP contribution in [0.15, 0.2) is 36.7 Å². The summed E-state index contributed by atoms with van der Waals surface area (Å²) in [5.74, 6) is 0.821. The van der Waals surface area contributed by atoms with Crippen LogP contribution in [-0.4, -0.2) is 11.6 Å². The average Bonchev–Trinajstić information content (AvgIpc) is 2.45. The van der Waals surface area contributed by atoms with Crippen LogP contribution in [0, 0.1) is 6.92 Å². The molecule has 2 N–H and O–H groups in total. The fourth-order valence-electron chi connectivity index (χ4n) is 2.04. The number of rotatable bonds is 5. The summed E-state index contributed by atoms with van der Waals surface area (Å²) in [6, 6.07) is 8.31. The fraction of sp³-hybridized carbons (Fsp3) is 0.312. The standard InChI is InChI=1S/C16H20N2O/c1-3-6-19-15-8-14(10-18-11-15)16-5-4-13(9-17)7-12(16)2/h4-5,7-8,10-11H,3,6,9,17H2,1-2H3. The molecule has 1 heterocycles. The number of nitrogens with zero attached hydrogens (tertiary/aromatic N) is 1. The van der Waals surface area contributed by atoms with E-state index in [1.807, 2.05) is 12.3 Å². The van der Waals surface area contributed by atoms with Gasteiger partial charge in [0, 0.05) is 18.3 Å². The molecular weight excluding hydrogens is 236 g/mol. The molecule has 0 saturated heterocycles. The van der Waals surface area contributed by atoms with Gasteiger partial charge in [-0.1, -0.05) is 25.1 Å². The molecule has 3 heteroatoms. The van der Waals surface area contributed by atoms with E-state index in [1.54, 1.807) is 6.20 Å². The van der Waals surface area contributed by atoms with Crippen LogP contribution in [0.3, 0.4) is 0 Å². The molecule has 0 spiro atoms. The number of aryl methyl sites for hydroxylation is 1. The number of nitrogens with two attached hydrogens (primary N) is 1. The molecule has 0 aliphatic heterocycles. The Bertz CT molecular complexity index is 552. The number of hydrogen-bond acceptors (Lipinski definition) is 3. The normalized spacial score (nSPS) is 10.5. The third kappa shape index (κ3) is 3.32. The van der Waals surface area contributed by atoms with Crippen molar-refractivity contribution in [3.63, 3.8) is 0 Å². The lowest BCUT2D eigenvalue weighted by Gasteiger charge is -2.10. The molecule has 0 saturated carbocycles. The van der Waals surface area contributed by atoms with E-state index in [0.29, 0.717) is 6.54 Å². The van der Waals surface area contributed by atoms with Crippen LogP contribution in [0.1, 0.15) is 24.5 Å². The monoisotopic (exact) mass is 256 g/mol. The van der Waals surface area contributed by atoms with E-state index >= 15 is 0 Å². The molecular formula is C16H20N2O. The minimum absolute atomic E-state index is 0.568. The van der Waals surface area contributed by atoms with Gasteiger partial charge in [-0.15, -0.1) is 0 Å². The van der Waals surface area contributed by atoms with Crippen molar-refractivity contribution in [1.82, 2.24) is 4.98 Å². The zero-order chi connectivity index (χ0) is 13.7. The van der Waals surface area contributed by atoms with E-state index in [1.165, 1.54) is 11.1 Å². The maximum Gasteiger partial charge on any atom is 0.138 e. The summed E-state index contributed by atoms with van der Waals surface area (Å²) in [4.78, 5) is 4.25. The van der Waals surface area contributed by atoms with Gasteiger partial charge in [-0.3, -0.25) is 4.98 Å². The van der Waals surface area contributed by atoms with Gasteiger partial charge < -0.3 is 10.5 Å². The molecule has 0 aliphatic carbocycles. The maximum absolute atomic E-state index is 5.65. The lowest BCUT2D eigenvalue weighted by atomic mass is 9.99. The molecule has 0 radical (unpaired) electrons. The second-order valence-corrected chi connectivity index (χ2v) is 4.61. The van der Waals surface area contributed by atoms with E-state index in [9.17, 15) is 0 Å². The number of pyridine rings is 1. The van der Waals surface area contributed by atoms with Gasteiger partial charge in [0.25, 0.3) is 0 Å². The minimum Gasteiger partial charge on any atom is -0.492 e. The van der Waals surface area contributed by atoms with Crippen molar-refractivity contribution in [2.75, 3.05) is 6.61 Å². The van der Waals surface area contributed by atoms with Crippen LogP contribution >= 0.6 is 0 Å². The second kappa shape index (κ2) is 6.34. The first kappa shape index (κ1) is 13.6. The highest BCUT2D eigenvalue weighted by Gasteiger charge is 2.05. The molecule has 100 valence electrons. The Morgan fingerprint density at radius 2 is 2.05 bits per heavy atom. The lowest BCUT2D eigenvalue weighted by molar-refractivity contribution is 0.316. The van der Waals surface area contributed by atoms with E-state index in [0.717, 1.165) is 29.9 Å². The lowest BCUT2D eigenvalue weighted by Crippen LogP contribution is -1.98. The fourth-order valence-corrected chi connectivity index (χ4v) is 2.04. The van der Waals surface area contributed by atoms with Gasteiger partial charge in [-0.2, -0.15) is 0 Å². The van der Waals surface area contributed by atoms with Crippen molar-refractivity contribution >= 4 is 0 Å². The summed E-state index contributed by atoms with van der Waals surface area (Å²) in [7, 11) is 0. The topological polar surface area (TPSA) is 48.1 Å². The molecule has 3 nitrogen and oxygen atoms in total. The van der Waals surface area contributed by atoms with Crippen LogP contribution in [0.2, 0.25) is 0 Å². The summed E-state index contributed by atoms with van der Waals surface area (Å²) in [5, 5.41) is 0. The summed E-state index contributed by atoms with van der Waals surface area (Å²) in [5.41, 5.74) is 10.3. The average molecular weight is 256 g/mol. The summed E-state index contributed by atoms with van der Waals surface area (Å²) >= 11 is 0. The van der Waals surface area contributed by atoms with E-state index in [2.05, 4.69) is 37.0 Å². The molecule has 1 aromatic carbocycles. The van der Waals surface area contributed by atoms with Gasteiger partial charge in [0.15, 0.2) is 0 Å². The van der Waals surface area contributed by atoms with E-state index < -0.39 is 0 Å². The van der Waals surface area contributed by atoms with Crippen molar-refractivity contribution in [1.29, 1.82) is 0 Å². The Morgan fingerprint density at radius 3 is 2.74 bits per heavy atom. The number of aromatic nitrogens is 1. The molecule has 0 atom stereocenters.